The molecule has 3 fully saturated rings. The first-order chi connectivity index (χ1) is 9.79. The lowest BCUT2D eigenvalue weighted by Crippen LogP contribution is -2.52. The first-order valence-corrected chi connectivity index (χ1v) is 9.23. The number of piperidine rings is 1. The van der Waals surface area contributed by atoms with Crippen LogP contribution in [0.3, 0.4) is 0 Å². The highest BCUT2D eigenvalue weighted by Gasteiger charge is 2.40. The molecule has 0 amide bonds. The molecule has 116 valence electrons. The Kier molecular flexibility index (Phi) is 5.04. The second-order valence-electron chi connectivity index (χ2n) is 7.56. The lowest BCUT2D eigenvalue weighted by Gasteiger charge is -2.47. The maximum absolute atomic E-state index is 10.3. The second-order valence-corrected chi connectivity index (χ2v) is 7.56. The molecular formula is C18H33NO. The molecule has 0 aromatic heterocycles. The highest BCUT2D eigenvalue weighted by molar-refractivity contribution is 4.94. The summed E-state index contributed by atoms with van der Waals surface area (Å²) < 4.78 is 0. The second kappa shape index (κ2) is 6.79. The van der Waals surface area contributed by atoms with E-state index in [1.165, 1.54) is 70.8 Å². The van der Waals surface area contributed by atoms with Crippen molar-refractivity contribution in [1.82, 2.24) is 4.90 Å². The van der Waals surface area contributed by atoms with Crippen LogP contribution < -0.4 is 0 Å². The normalized spacial score (nSPS) is 43.8. The molecule has 5 atom stereocenters. The fourth-order valence-electron chi connectivity index (χ4n) is 5.25. The van der Waals surface area contributed by atoms with Crippen molar-refractivity contribution in [3.05, 3.63) is 0 Å². The average Bonchev–Trinajstić information content (AvgIpc) is 2.93. The topological polar surface area (TPSA) is 23.5 Å². The van der Waals surface area contributed by atoms with Crippen LogP contribution in [0.5, 0.6) is 0 Å². The monoisotopic (exact) mass is 279 g/mol. The summed E-state index contributed by atoms with van der Waals surface area (Å²) in [6, 6.07) is 1.52. The highest BCUT2D eigenvalue weighted by atomic mass is 16.3. The Labute approximate surface area is 124 Å². The standard InChI is InChI=1S/C18H33NO/c1-2-14-7-5-8-15(13-14)19-12-4-3-10-17(19)16-9-6-11-18(16)20/h14-18,20H,2-13H2,1H3. The van der Waals surface area contributed by atoms with Gasteiger partial charge in [-0.2, -0.15) is 0 Å². The van der Waals surface area contributed by atoms with Gasteiger partial charge in [0.2, 0.25) is 0 Å². The van der Waals surface area contributed by atoms with Crippen molar-refractivity contribution >= 4 is 0 Å². The average molecular weight is 279 g/mol. The van der Waals surface area contributed by atoms with Gasteiger partial charge in [-0.15, -0.1) is 0 Å². The summed E-state index contributed by atoms with van der Waals surface area (Å²) in [4.78, 5) is 2.85. The molecule has 3 rings (SSSR count). The van der Waals surface area contributed by atoms with Gasteiger partial charge in [-0.25, -0.2) is 0 Å². The van der Waals surface area contributed by atoms with Gasteiger partial charge in [-0.1, -0.05) is 39.0 Å². The Morgan fingerprint density at radius 1 is 0.950 bits per heavy atom. The van der Waals surface area contributed by atoms with Crippen LogP contribution in [0.15, 0.2) is 0 Å². The molecule has 2 nitrogen and oxygen atoms in total. The van der Waals surface area contributed by atoms with Crippen LogP contribution in [0.1, 0.15) is 77.6 Å². The highest BCUT2D eigenvalue weighted by Crippen LogP contribution is 2.39. The zero-order valence-corrected chi connectivity index (χ0v) is 13.3. The van der Waals surface area contributed by atoms with Crippen molar-refractivity contribution < 1.29 is 5.11 Å². The summed E-state index contributed by atoms with van der Waals surface area (Å²) >= 11 is 0. The lowest BCUT2D eigenvalue weighted by atomic mass is 9.80. The van der Waals surface area contributed by atoms with E-state index < -0.39 is 0 Å². The number of hydrogen-bond acceptors (Lipinski definition) is 2. The Morgan fingerprint density at radius 2 is 1.80 bits per heavy atom. The molecule has 0 aromatic carbocycles. The molecule has 2 aliphatic carbocycles. The van der Waals surface area contributed by atoms with E-state index in [0.29, 0.717) is 12.0 Å². The van der Waals surface area contributed by atoms with Gasteiger partial charge in [-0.3, -0.25) is 4.90 Å². The number of likely N-dealkylation sites (tertiary alicyclic amines) is 1. The predicted molar refractivity (Wildman–Crippen MR) is 83.7 cm³/mol. The van der Waals surface area contributed by atoms with Crippen LogP contribution >= 0.6 is 0 Å². The number of nitrogens with zero attached hydrogens (tertiary/aromatic N) is 1. The third kappa shape index (κ3) is 3.06. The molecule has 0 spiro atoms. The Morgan fingerprint density at radius 3 is 2.55 bits per heavy atom. The van der Waals surface area contributed by atoms with E-state index >= 15 is 0 Å². The zero-order chi connectivity index (χ0) is 13.9. The van der Waals surface area contributed by atoms with Gasteiger partial charge in [0.15, 0.2) is 0 Å². The van der Waals surface area contributed by atoms with Crippen LogP contribution in [-0.4, -0.2) is 34.7 Å². The maximum atomic E-state index is 10.3. The van der Waals surface area contributed by atoms with Crippen LogP contribution in [0.25, 0.3) is 0 Å². The number of hydrogen-bond donors (Lipinski definition) is 1. The number of rotatable bonds is 3. The van der Waals surface area contributed by atoms with Gasteiger partial charge >= 0.3 is 0 Å². The van der Waals surface area contributed by atoms with Crippen molar-refractivity contribution in [2.24, 2.45) is 11.8 Å². The fourth-order valence-corrected chi connectivity index (χ4v) is 5.25. The maximum Gasteiger partial charge on any atom is 0.0583 e. The van der Waals surface area contributed by atoms with Crippen LogP contribution in [0.4, 0.5) is 0 Å². The largest absolute Gasteiger partial charge is 0.393 e. The summed E-state index contributed by atoms with van der Waals surface area (Å²) in [5.41, 5.74) is 0. The molecule has 3 aliphatic rings. The lowest BCUT2D eigenvalue weighted by molar-refractivity contribution is -0.00438. The molecule has 20 heavy (non-hydrogen) atoms. The summed E-state index contributed by atoms with van der Waals surface area (Å²) in [6.45, 7) is 3.66. The van der Waals surface area contributed by atoms with Crippen molar-refractivity contribution in [3.63, 3.8) is 0 Å². The van der Waals surface area contributed by atoms with Gasteiger partial charge in [0.05, 0.1) is 6.10 Å². The molecule has 1 aliphatic heterocycles. The molecule has 0 aromatic rings. The first-order valence-electron chi connectivity index (χ1n) is 9.23. The fraction of sp³-hybridized carbons (Fsp3) is 1.00. The molecule has 1 heterocycles. The van der Waals surface area contributed by atoms with Crippen LogP contribution in [-0.2, 0) is 0 Å². The van der Waals surface area contributed by atoms with E-state index in [1.54, 1.807) is 0 Å². The van der Waals surface area contributed by atoms with Crippen molar-refractivity contribution in [1.29, 1.82) is 0 Å². The Balaban J connectivity index is 1.68. The molecule has 2 saturated carbocycles. The minimum absolute atomic E-state index is 0.00818. The van der Waals surface area contributed by atoms with Gasteiger partial charge in [0, 0.05) is 18.0 Å². The molecule has 0 bridgehead atoms. The molecular weight excluding hydrogens is 246 g/mol. The zero-order valence-electron chi connectivity index (χ0n) is 13.3. The third-order valence-corrected chi connectivity index (χ3v) is 6.42. The Hall–Kier alpha value is -0.0800. The Bertz CT molecular complexity index is 306. The van der Waals surface area contributed by atoms with Crippen molar-refractivity contribution in [3.8, 4) is 0 Å². The van der Waals surface area contributed by atoms with Gasteiger partial charge in [-0.05, 0) is 51.0 Å². The van der Waals surface area contributed by atoms with E-state index in [0.717, 1.165) is 18.4 Å². The van der Waals surface area contributed by atoms with E-state index in [9.17, 15) is 5.11 Å². The third-order valence-electron chi connectivity index (χ3n) is 6.42. The SMILES string of the molecule is CCC1CCCC(N2CCCCC2C2CCCC2O)C1. The smallest absolute Gasteiger partial charge is 0.0583 e. The van der Waals surface area contributed by atoms with Crippen molar-refractivity contribution in [2.75, 3.05) is 6.54 Å². The molecule has 1 N–H and O–H groups in total. The summed E-state index contributed by atoms with van der Waals surface area (Å²) in [5.74, 6) is 1.54. The number of aliphatic hydroxyl groups excluding tert-OH is 1. The van der Waals surface area contributed by atoms with E-state index in [-0.39, 0.29) is 6.10 Å². The summed E-state index contributed by atoms with van der Waals surface area (Å²) in [5, 5.41) is 10.3. The van der Waals surface area contributed by atoms with Gasteiger partial charge in [0.25, 0.3) is 0 Å². The molecule has 1 saturated heterocycles. The predicted octanol–water partition coefficient (Wildman–Crippen LogP) is 3.97. The summed E-state index contributed by atoms with van der Waals surface area (Å²) in [6.07, 6.45) is 14.8. The van der Waals surface area contributed by atoms with Crippen LogP contribution in [0, 0.1) is 11.8 Å². The molecule has 5 unspecified atom stereocenters. The minimum atomic E-state index is -0.00818. The van der Waals surface area contributed by atoms with Crippen molar-refractivity contribution in [2.45, 2.75) is 95.7 Å². The minimum Gasteiger partial charge on any atom is -0.393 e. The molecule has 0 radical (unpaired) electrons. The van der Waals surface area contributed by atoms with Crippen LogP contribution in [0.2, 0.25) is 0 Å². The van der Waals surface area contributed by atoms with E-state index in [2.05, 4.69) is 11.8 Å². The van der Waals surface area contributed by atoms with E-state index in [1.807, 2.05) is 0 Å². The summed E-state index contributed by atoms with van der Waals surface area (Å²) in [7, 11) is 0. The number of aliphatic hydroxyl groups is 1. The van der Waals surface area contributed by atoms with Gasteiger partial charge < -0.3 is 5.11 Å². The first kappa shape index (κ1) is 14.8. The molecule has 2 heteroatoms. The van der Waals surface area contributed by atoms with E-state index in [4.69, 9.17) is 0 Å². The quantitative estimate of drug-likeness (QED) is 0.845. The van der Waals surface area contributed by atoms with Gasteiger partial charge in [0.1, 0.15) is 0 Å².